The summed E-state index contributed by atoms with van der Waals surface area (Å²) in [6, 6.07) is 16.7. The Hall–Kier alpha value is -3.35. The molecule has 1 saturated heterocycles. The van der Waals surface area contributed by atoms with E-state index in [9.17, 15) is 14.4 Å². The Labute approximate surface area is 237 Å². The van der Waals surface area contributed by atoms with Gasteiger partial charge in [0.2, 0.25) is 17.7 Å². The van der Waals surface area contributed by atoms with Crippen LogP contribution in [0, 0.1) is 29.1 Å². The SMILES string of the molecule is COc1ccc(NC(=O)C2CCN(C(=O)[C@@H](Cc3ccccc3)NC(=O)C34CC5CC(CC(C5)C3)C4)CC2)cc1. The molecule has 1 heterocycles. The highest BCUT2D eigenvalue weighted by molar-refractivity contribution is 5.93. The number of nitrogens with one attached hydrogen (secondary N) is 2. The number of carbonyl (C=O) groups excluding carboxylic acids is 3. The topological polar surface area (TPSA) is 87.7 Å². The van der Waals surface area contributed by atoms with E-state index in [0.717, 1.165) is 36.3 Å². The monoisotopic (exact) mass is 543 g/mol. The second-order valence-electron chi connectivity index (χ2n) is 12.7. The zero-order chi connectivity index (χ0) is 27.7. The average molecular weight is 544 g/mol. The third-order valence-electron chi connectivity index (χ3n) is 9.94. The Morgan fingerprint density at radius 2 is 1.50 bits per heavy atom. The maximum atomic E-state index is 13.9. The van der Waals surface area contributed by atoms with Gasteiger partial charge in [-0.15, -0.1) is 0 Å². The number of piperidine rings is 1. The number of benzene rings is 2. The highest BCUT2D eigenvalue weighted by Gasteiger charge is 2.55. The van der Waals surface area contributed by atoms with E-state index in [1.807, 2.05) is 59.5 Å². The molecule has 7 nitrogen and oxygen atoms in total. The fraction of sp³-hybridized carbons (Fsp3) is 0.545. The molecule has 1 aliphatic heterocycles. The van der Waals surface area contributed by atoms with Crippen LogP contribution in [0.4, 0.5) is 5.69 Å². The minimum atomic E-state index is -0.590. The van der Waals surface area contributed by atoms with Gasteiger partial charge in [0.25, 0.3) is 0 Å². The molecular weight excluding hydrogens is 502 g/mol. The molecule has 3 amide bonds. The van der Waals surface area contributed by atoms with Gasteiger partial charge < -0.3 is 20.3 Å². The van der Waals surface area contributed by atoms with Crippen molar-refractivity contribution in [3.63, 3.8) is 0 Å². The molecule has 7 rings (SSSR count). The Morgan fingerprint density at radius 1 is 0.900 bits per heavy atom. The van der Waals surface area contributed by atoms with Crippen molar-refractivity contribution in [1.29, 1.82) is 0 Å². The lowest BCUT2D eigenvalue weighted by Crippen LogP contribution is -2.58. The van der Waals surface area contributed by atoms with E-state index in [0.29, 0.717) is 50.1 Å². The minimum Gasteiger partial charge on any atom is -0.497 e. The summed E-state index contributed by atoms with van der Waals surface area (Å²) < 4.78 is 5.19. The molecular formula is C33H41N3O4. The number of carbonyl (C=O) groups is 3. The van der Waals surface area contributed by atoms with Gasteiger partial charge in [0.15, 0.2) is 0 Å². The van der Waals surface area contributed by atoms with E-state index in [1.165, 1.54) is 19.3 Å². The van der Waals surface area contributed by atoms with Crippen LogP contribution in [0.25, 0.3) is 0 Å². The van der Waals surface area contributed by atoms with Gasteiger partial charge >= 0.3 is 0 Å². The number of amides is 3. The molecule has 0 radical (unpaired) electrons. The average Bonchev–Trinajstić information content (AvgIpc) is 2.97. The number of hydrogen-bond donors (Lipinski definition) is 2. The van der Waals surface area contributed by atoms with Crippen molar-refractivity contribution >= 4 is 23.4 Å². The van der Waals surface area contributed by atoms with Crippen LogP contribution in [0.3, 0.4) is 0 Å². The lowest BCUT2D eigenvalue weighted by molar-refractivity contribution is -0.150. The van der Waals surface area contributed by atoms with E-state index in [4.69, 9.17) is 4.74 Å². The number of methoxy groups -OCH3 is 1. The normalized spacial score (nSPS) is 28.1. The predicted molar refractivity (Wildman–Crippen MR) is 154 cm³/mol. The van der Waals surface area contributed by atoms with Crippen LogP contribution >= 0.6 is 0 Å². The maximum absolute atomic E-state index is 13.9. The first kappa shape index (κ1) is 26.9. The smallest absolute Gasteiger partial charge is 0.245 e. The van der Waals surface area contributed by atoms with Crippen LogP contribution in [-0.2, 0) is 20.8 Å². The summed E-state index contributed by atoms with van der Waals surface area (Å²) in [6.45, 7) is 1.02. The summed E-state index contributed by atoms with van der Waals surface area (Å²) in [7, 11) is 1.61. The molecule has 1 atom stereocenters. The predicted octanol–water partition coefficient (Wildman–Crippen LogP) is 4.82. The summed E-state index contributed by atoms with van der Waals surface area (Å²) in [6.07, 6.45) is 8.46. The number of anilines is 1. The third kappa shape index (κ3) is 5.61. The molecule has 0 spiro atoms. The van der Waals surface area contributed by atoms with Gasteiger partial charge in [0.1, 0.15) is 11.8 Å². The van der Waals surface area contributed by atoms with Gasteiger partial charge in [-0.2, -0.15) is 0 Å². The first-order valence-electron chi connectivity index (χ1n) is 15.0. The molecule has 2 N–H and O–H groups in total. The zero-order valence-electron chi connectivity index (χ0n) is 23.4. The van der Waals surface area contributed by atoms with Crippen molar-refractivity contribution in [3.05, 3.63) is 60.2 Å². The van der Waals surface area contributed by atoms with Crippen LogP contribution in [0.5, 0.6) is 5.75 Å². The first-order valence-corrected chi connectivity index (χ1v) is 15.0. The Balaban J connectivity index is 1.10. The van der Waals surface area contributed by atoms with E-state index >= 15 is 0 Å². The second kappa shape index (κ2) is 11.3. The first-order chi connectivity index (χ1) is 19.4. The summed E-state index contributed by atoms with van der Waals surface area (Å²) >= 11 is 0. The van der Waals surface area contributed by atoms with Gasteiger partial charge in [0, 0.05) is 36.5 Å². The van der Waals surface area contributed by atoms with E-state index in [1.54, 1.807) is 7.11 Å². The third-order valence-corrected chi connectivity index (χ3v) is 9.94. The van der Waals surface area contributed by atoms with E-state index < -0.39 is 6.04 Å². The number of hydrogen-bond acceptors (Lipinski definition) is 4. The van der Waals surface area contributed by atoms with E-state index in [-0.39, 0.29) is 29.1 Å². The van der Waals surface area contributed by atoms with Crippen molar-refractivity contribution in [2.24, 2.45) is 29.1 Å². The molecule has 0 aromatic heterocycles. The van der Waals surface area contributed by atoms with Gasteiger partial charge in [-0.25, -0.2) is 0 Å². The zero-order valence-corrected chi connectivity index (χ0v) is 23.4. The van der Waals surface area contributed by atoms with Gasteiger partial charge in [-0.3, -0.25) is 14.4 Å². The Morgan fingerprint density at radius 3 is 2.08 bits per heavy atom. The summed E-state index contributed by atoms with van der Waals surface area (Å²) in [5, 5.41) is 6.27. The molecule has 4 bridgehead atoms. The number of rotatable bonds is 8. The van der Waals surface area contributed by atoms with Crippen molar-refractivity contribution in [1.82, 2.24) is 10.2 Å². The van der Waals surface area contributed by atoms with Crippen molar-refractivity contribution in [2.45, 2.75) is 63.8 Å². The second-order valence-corrected chi connectivity index (χ2v) is 12.7. The Kier molecular flexibility index (Phi) is 7.56. The molecule has 212 valence electrons. The molecule has 5 fully saturated rings. The highest BCUT2D eigenvalue weighted by Crippen LogP contribution is 2.60. The molecule has 2 aromatic carbocycles. The molecule has 5 aliphatic rings. The molecule has 4 aliphatic carbocycles. The van der Waals surface area contributed by atoms with Crippen LogP contribution < -0.4 is 15.4 Å². The number of ether oxygens (including phenoxy) is 1. The van der Waals surface area contributed by atoms with Crippen LogP contribution in [0.2, 0.25) is 0 Å². The number of nitrogens with zero attached hydrogens (tertiary/aromatic N) is 1. The van der Waals surface area contributed by atoms with Gasteiger partial charge in [-0.05, 0) is 98.9 Å². The summed E-state index contributed by atoms with van der Waals surface area (Å²) in [5.74, 6) is 2.64. The van der Waals surface area contributed by atoms with Crippen molar-refractivity contribution in [3.8, 4) is 5.75 Å². The molecule has 0 unspecified atom stereocenters. The quantitative estimate of drug-likeness (QED) is 0.500. The molecule has 2 aromatic rings. The molecule has 4 saturated carbocycles. The van der Waals surface area contributed by atoms with Crippen LogP contribution in [0.1, 0.15) is 56.9 Å². The summed E-state index contributed by atoms with van der Waals surface area (Å²) in [5.41, 5.74) is 1.48. The lowest BCUT2D eigenvalue weighted by atomic mass is 9.49. The maximum Gasteiger partial charge on any atom is 0.245 e. The standard InChI is InChI=1S/C33H41N3O4/c1-40-28-9-7-27(8-10-28)34-30(37)26-11-13-36(14-12-26)31(38)29(18-22-5-3-2-4-6-22)35-32(39)33-19-23-15-24(20-33)17-25(16-23)21-33/h2-10,23-26,29H,11-21H2,1H3,(H,34,37)(H,35,39)/t23?,24?,25?,29-,33?/m1/s1. The van der Waals surface area contributed by atoms with Crippen LogP contribution in [-0.4, -0.2) is 48.9 Å². The van der Waals surface area contributed by atoms with Gasteiger partial charge in [0.05, 0.1) is 7.11 Å². The fourth-order valence-electron chi connectivity index (χ4n) is 8.25. The van der Waals surface area contributed by atoms with E-state index in [2.05, 4.69) is 10.6 Å². The van der Waals surface area contributed by atoms with Crippen molar-refractivity contribution in [2.75, 3.05) is 25.5 Å². The number of likely N-dealkylation sites (tertiary alicyclic amines) is 1. The highest BCUT2D eigenvalue weighted by atomic mass is 16.5. The Bertz CT molecular complexity index is 1180. The minimum absolute atomic E-state index is 0.0202. The molecule has 40 heavy (non-hydrogen) atoms. The molecule has 7 heteroatoms. The largest absolute Gasteiger partial charge is 0.497 e. The lowest BCUT2D eigenvalue weighted by Gasteiger charge is -2.55. The summed E-state index contributed by atoms with van der Waals surface area (Å²) in [4.78, 5) is 42.6. The van der Waals surface area contributed by atoms with Crippen LogP contribution in [0.15, 0.2) is 54.6 Å². The van der Waals surface area contributed by atoms with Crippen molar-refractivity contribution < 1.29 is 19.1 Å². The fourth-order valence-corrected chi connectivity index (χ4v) is 8.25. The van der Waals surface area contributed by atoms with Gasteiger partial charge in [-0.1, -0.05) is 30.3 Å².